The number of hydrogen-bond acceptors (Lipinski definition) is 6. The zero-order valence-corrected chi connectivity index (χ0v) is 13.1. The standard InChI is InChI=1S/C16H18N2O5/c1-10-7-13(9-15(19)21-10)22-12-3-5-18(6-4-12)16(20)14-8-11(2)23-17-14/h7-9,12H,3-6H2,1-2H3. The molecule has 1 amide bonds. The normalized spacial score (nSPS) is 15.7. The summed E-state index contributed by atoms with van der Waals surface area (Å²) in [6.45, 7) is 4.61. The Bertz CT molecular complexity index is 756. The van der Waals surface area contributed by atoms with Crippen molar-refractivity contribution in [2.75, 3.05) is 13.1 Å². The van der Waals surface area contributed by atoms with E-state index in [2.05, 4.69) is 5.16 Å². The van der Waals surface area contributed by atoms with Crippen LogP contribution in [0.3, 0.4) is 0 Å². The molecule has 1 fully saturated rings. The Morgan fingerprint density at radius 1 is 1.22 bits per heavy atom. The van der Waals surface area contributed by atoms with Gasteiger partial charge >= 0.3 is 5.63 Å². The van der Waals surface area contributed by atoms with Gasteiger partial charge in [0.1, 0.15) is 23.4 Å². The second-order valence-electron chi connectivity index (χ2n) is 5.66. The highest BCUT2D eigenvalue weighted by Gasteiger charge is 2.26. The molecule has 23 heavy (non-hydrogen) atoms. The monoisotopic (exact) mass is 318 g/mol. The number of aromatic nitrogens is 1. The second kappa shape index (κ2) is 6.28. The fourth-order valence-electron chi connectivity index (χ4n) is 2.64. The Labute approximate surface area is 132 Å². The van der Waals surface area contributed by atoms with Gasteiger partial charge in [0.05, 0.1) is 6.07 Å². The zero-order valence-electron chi connectivity index (χ0n) is 13.1. The van der Waals surface area contributed by atoms with Gasteiger partial charge in [0.15, 0.2) is 5.69 Å². The molecule has 0 atom stereocenters. The number of carbonyl (C=O) groups is 1. The minimum Gasteiger partial charge on any atom is -0.490 e. The first kappa shape index (κ1) is 15.3. The summed E-state index contributed by atoms with van der Waals surface area (Å²) >= 11 is 0. The summed E-state index contributed by atoms with van der Waals surface area (Å²) in [5.41, 5.74) is -0.0906. The summed E-state index contributed by atoms with van der Waals surface area (Å²) in [5, 5.41) is 3.75. The molecular formula is C16H18N2O5. The number of hydrogen-bond donors (Lipinski definition) is 0. The zero-order chi connectivity index (χ0) is 16.4. The lowest BCUT2D eigenvalue weighted by Crippen LogP contribution is -2.42. The van der Waals surface area contributed by atoms with Gasteiger partial charge in [0.2, 0.25) is 0 Å². The Morgan fingerprint density at radius 3 is 2.57 bits per heavy atom. The van der Waals surface area contributed by atoms with Crippen molar-refractivity contribution in [2.24, 2.45) is 0 Å². The van der Waals surface area contributed by atoms with E-state index in [1.165, 1.54) is 6.07 Å². The number of amides is 1. The summed E-state index contributed by atoms with van der Waals surface area (Å²) in [7, 11) is 0. The third-order valence-corrected chi connectivity index (χ3v) is 3.75. The van der Waals surface area contributed by atoms with E-state index < -0.39 is 5.63 Å². The number of rotatable bonds is 3. The van der Waals surface area contributed by atoms with E-state index >= 15 is 0 Å². The maximum absolute atomic E-state index is 12.3. The number of carbonyl (C=O) groups excluding carboxylic acids is 1. The fourth-order valence-corrected chi connectivity index (χ4v) is 2.64. The topological polar surface area (TPSA) is 85.8 Å². The SMILES string of the molecule is Cc1cc(C(=O)N2CCC(Oc3cc(C)oc(=O)c3)CC2)no1. The van der Waals surface area contributed by atoms with E-state index in [1.807, 2.05) is 0 Å². The van der Waals surface area contributed by atoms with Crippen molar-refractivity contribution in [3.63, 3.8) is 0 Å². The van der Waals surface area contributed by atoms with Gasteiger partial charge in [0, 0.05) is 38.1 Å². The fraction of sp³-hybridized carbons (Fsp3) is 0.438. The number of ether oxygens (including phenoxy) is 1. The van der Waals surface area contributed by atoms with E-state index in [-0.39, 0.29) is 12.0 Å². The van der Waals surface area contributed by atoms with Crippen molar-refractivity contribution >= 4 is 5.91 Å². The Morgan fingerprint density at radius 2 is 1.96 bits per heavy atom. The van der Waals surface area contributed by atoms with E-state index in [0.717, 1.165) is 0 Å². The number of nitrogens with zero attached hydrogens (tertiary/aromatic N) is 2. The molecule has 1 aliphatic rings. The van der Waals surface area contributed by atoms with Crippen LogP contribution in [0, 0.1) is 13.8 Å². The average molecular weight is 318 g/mol. The van der Waals surface area contributed by atoms with Crippen molar-refractivity contribution in [2.45, 2.75) is 32.8 Å². The molecule has 0 unspecified atom stereocenters. The first-order valence-corrected chi connectivity index (χ1v) is 7.52. The lowest BCUT2D eigenvalue weighted by Gasteiger charge is -2.31. The van der Waals surface area contributed by atoms with E-state index in [9.17, 15) is 9.59 Å². The summed E-state index contributed by atoms with van der Waals surface area (Å²) in [5.74, 6) is 1.51. The van der Waals surface area contributed by atoms with Crippen LogP contribution in [-0.2, 0) is 0 Å². The van der Waals surface area contributed by atoms with Crippen LogP contribution in [0.5, 0.6) is 5.75 Å². The van der Waals surface area contributed by atoms with Gasteiger partial charge in [-0.25, -0.2) is 4.79 Å². The first-order valence-electron chi connectivity index (χ1n) is 7.52. The molecule has 0 bridgehead atoms. The number of likely N-dealkylation sites (tertiary alicyclic amines) is 1. The predicted molar refractivity (Wildman–Crippen MR) is 80.5 cm³/mol. The van der Waals surface area contributed by atoms with Crippen LogP contribution >= 0.6 is 0 Å². The molecular weight excluding hydrogens is 300 g/mol. The molecule has 2 aromatic rings. The summed E-state index contributed by atoms with van der Waals surface area (Å²) in [6, 6.07) is 4.66. The quantitative estimate of drug-likeness (QED) is 0.859. The number of aryl methyl sites for hydroxylation is 2. The Balaban J connectivity index is 1.58. The average Bonchev–Trinajstić information content (AvgIpc) is 2.93. The molecule has 0 radical (unpaired) electrons. The first-order chi connectivity index (χ1) is 11.0. The van der Waals surface area contributed by atoms with Gasteiger partial charge in [0.25, 0.3) is 5.91 Å². The van der Waals surface area contributed by atoms with Crippen molar-refractivity contribution in [1.29, 1.82) is 0 Å². The highest BCUT2D eigenvalue weighted by Crippen LogP contribution is 2.20. The van der Waals surface area contributed by atoms with E-state index in [4.69, 9.17) is 13.7 Å². The molecule has 1 aliphatic heterocycles. The van der Waals surface area contributed by atoms with Gasteiger partial charge in [-0.1, -0.05) is 5.16 Å². The molecule has 1 saturated heterocycles. The Hall–Kier alpha value is -2.57. The van der Waals surface area contributed by atoms with Crippen LogP contribution < -0.4 is 10.4 Å². The Kier molecular flexibility index (Phi) is 4.18. The second-order valence-corrected chi connectivity index (χ2v) is 5.66. The van der Waals surface area contributed by atoms with E-state index in [1.54, 1.807) is 30.9 Å². The van der Waals surface area contributed by atoms with Crippen LogP contribution in [0.1, 0.15) is 34.9 Å². The lowest BCUT2D eigenvalue weighted by molar-refractivity contribution is 0.0585. The van der Waals surface area contributed by atoms with E-state index in [0.29, 0.717) is 48.9 Å². The highest BCUT2D eigenvalue weighted by atomic mass is 16.5. The smallest absolute Gasteiger partial charge is 0.339 e. The van der Waals surface area contributed by atoms with Gasteiger partial charge in [-0.2, -0.15) is 0 Å². The van der Waals surface area contributed by atoms with Crippen molar-refractivity contribution < 1.29 is 18.5 Å². The third kappa shape index (κ3) is 3.61. The van der Waals surface area contributed by atoms with Crippen LogP contribution in [0.2, 0.25) is 0 Å². The highest BCUT2D eigenvalue weighted by molar-refractivity contribution is 5.92. The van der Waals surface area contributed by atoms with Crippen LogP contribution in [-0.4, -0.2) is 35.2 Å². The van der Waals surface area contributed by atoms with Crippen molar-refractivity contribution in [1.82, 2.24) is 10.1 Å². The molecule has 0 aliphatic carbocycles. The molecule has 3 rings (SSSR count). The molecule has 2 aromatic heterocycles. The van der Waals surface area contributed by atoms with Gasteiger partial charge in [-0.15, -0.1) is 0 Å². The summed E-state index contributed by atoms with van der Waals surface area (Å²) < 4.78 is 15.7. The minimum atomic E-state index is -0.422. The summed E-state index contributed by atoms with van der Waals surface area (Å²) in [6.07, 6.45) is 1.36. The largest absolute Gasteiger partial charge is 0.490 e. The maximum atomic E-state index is 12.3. The predicted octanol–water partition coefficient (Wildman–Crippen LogP) is 1.93. The van der Waals surface area contributed by atoms with Gasteiger partial charge in [-0.3, -0.25) is 4.79 Å². The maximum Gasteiger partial charge on any atom is 0.339 e. The van der Waals surface area contributed by atoms with Gasteiger partial charge in [-0.05, 0) is 13.8 Å². The summed E-state index contributed by atoms with van der Waals surface area (Å²) in [4.78, 5) is 25.4. The molecule has 0 N–H and O–H groups in total. The molecule has 7 nitrogen and oxygen atoms in total. The van der Waals surface area contributed by atoms with Crippen LogP contribution in [0.4, 0.5) is 0 Å². The molecule has 7 heteroatoms. The van der Waals surface area contributed by atoms with Crippen molar-refractivity contribution in [3.05, 3.63) is 45.8 Å². The third-order valence-electron chi connectivity index (χ3n) is 3.75. The molecule has 0 saturated carbocycles. The van der Waals surface area contributed by atoms with Crippen LogP contribution in [0.25, 0.3) is 0 Å². The molecule has 3 heterocycles. The number of piperidine rings is 1. The lowest BCUT2D eigenvalue weighted by atomic mass is 10.1. The minimum absolute atomic E-state index is 0.0284. The van der Waals surface area contributed by atoms with Crippen LogP contribution in [0.15, 0.2) is 31.9 Å². The molecule has 0 aromatic carbocycles. The van der Waals surface area contributed by atoms with Gasteiger partial charge < -0.3 is 18.6 Å². The molecule has 0 spiro atoms. The molecule has 122 valence electrons. The van der Waals surface area contributed by atoms with Crippen molar-refractivity contribution in [3.8, 4) is 5.75 Å².